The van der Waals surface area contributed by atoms with Gasteiger partial charge in [0.2, 0.25) is 11.4 Å². The summed E-state index contributed by atoms with van der Waals surface area (Å²) in [5.41, 5.74) is -2.26. The second-order valence-electron chi connectivity index (χ2n) is 10.2. The Kier molecular flexibility index (Phi) is 6.50. The summed E-state index contributed by atoms with van der Waals surface area (Å²) in [5, 5.41) is 11.0. The van der Waals surface area contributed by atoms with E-state index in [-0.39, 0.29) is 5.41 Å². The summed E-state index contributed by atoms with van der Waals surface area (Å²) in [4.78, 5) is 24.3. The van der Waals surface area contributed by atoms with Crippen LogP contribution in [0.4, 0.5) is 27.6 Å². The van der Waals surface area contributed by atoms with Gasteiger partial charge in [-0.2, -0.15) is 18.4 Å². The lowest BCUT2D eigenvalue weighted by molar-refractivity contribution is -0.190. The van der Waals surface area contributed by atoms with Gasteiger partial charge in [-0.3, -0.25) is 19.7 Å². The van der Waals surface area contributed by atoms with E-state index in [1.165, 1.54) is 18.5 Å². The number of carbonyl (C=O) groups is 1. The van der Waals surface area contributed by atoms with E-state index in [0.717, 1.165) is 50.9 Å². The van der Waals surface area contributed by atoms with Gasteiger partial charge < -0.3 is 10.2 Å². The first-order valence-electron chi connectivity index (χ1n) is 12.0. The molecule has 2 aliphatic rings. The Labute approximate surface area is 220 Å². The highest BCUT2D eigenvalue weighted by atomic mass is 19.4. The van der Waals surface area contributed by atoms with E-state index in [1.54, 1.807) is 12.3 Å². The smallest absolute Gasteiger partial charge is 0.369 e. The fourth-order valence-corrected chi connectivity index (χ4v) is 5.48. The summed E-state index contributed by atoms with van der Waals surface area (Å²) >= 11 is 0. The largest absolute Gasteiger partial charge is 0.421 e. The van der Waals surface area contributed by atoms with Gasteiger partial charge in [-0.05, 0) is 35.4 Å². The van der Waals surface area contributed by atoms with Crippen molar-refractivity contribution in [3.63, 3.8) is 0 Å². The molecular weight excluding hydrogens is 519 g/mol. The summed E-state index contributed by atoms with van der Waals surface area (Å²) < 4.78 is 71.1. The minimum atomic E-state index is -5.11. The molecule has 0 aliphatic carbocycles. The number of amides is 1. The number of carbonyl (C=O) groups excluding carboxylic acids is 1. The SMILES string of the molecule is CC(=O)N[C@](c1ccc(F)c(F)c1)(c1ccc(CN2CC3(C2)CN(c2cncc(C#N)c2)C3)cn1)C(F)(F)F. The molecule has 0 saturated carbocycles. The van der Waals surface area contributed by atoms with Gasteiger partial charge >= 0.3 is 6.18 Å². The van der Waals surface area contributed by atoms with Crippen LogP contribution in [0, 0.1) is 28.4 Å². The van der Waals surface area contributed by atoms with Crippen LogP contribution in [0.5, 0.6) is 0 Å². The van der Waals surface area contributed by atoms with Crippen molar-refractivity contribution < 1.29 is 26.7 Å². The van der Waals surface area contributed by atoms with Crippen LogP contribution in [0.1, 0.15) is 29.3 Å². The average Bonchev–Trinajstić information content (AvgIpc) is 2.84. The van der Waals surface area contributed by atoms with Gasteiger partial charge in [-0.15, -0.1) is 0 Å². The quantitative estimate of drug-likeness (QED) is 0.476. The number of nitrogens with one attached hydrogen (secondary N) is 1. The average molecular weight is 543 g/mol. The molecular formula is C27H23F5N6O. The lowest BCUT2D eigenvalue weighted by atomic mass is 9.72. The number of nitriles is 1. The Hall–Kier alpha value is -4.11. The van der Waals surface area contributed by atoms with E-state index < -0.39 is 40.5 Å². The van der Waals surface area contributed by atoms with Crippen molar-refractivity contribution in [1.29, 1.82) is 5.26 Å². The van der Waals surface area contributed by atoms with Crippen molar-refractivity contribution in [3.05, 3.63) is 89.0 Å². The molecule has 3 aromatic rings. The maximum absolute atomic E-state index is 14.5. The summed E-state index contributed by atoms with van der Waals surface area (Å²) in [6.07, 6.45) is -0.579. The first-order valence-corrected chi connectivity index (χ1v) is 12.0. The predicted octanol–water partition coefficient (Wildman–Crippen LogP) is 3.89. The van der Waals surface area contributed by atoms with E-state index >= 15 is 0 Å². The van der Waals surface area contributed by atoms with Crippen LogP contribution in [-0.2, 0) is 16.9 Å². The van der Waals surface area contributed by atoms with E-state index in [4.69, 9.17) is 5.26 Å². The highest BCUT2D eigenvalue weighted by molar-refractivity contribution is 5.75. The van der Waals surface area contributed by atoms with Crippen molar-refractivity contribution in [2.45, 2.75) is 25.2 Å². The van der Waals surface area contributed by atoms with Crippen molar-refractivity contribution in [2.24, 2.45) is 5.41 Å². The lowest BCUT2D eigenvalue weighted by Crippen LogP contribution is -2.72. The topological polar surface area (TPSA) is 85.2 Å². The first kappa shape index (κ1) is 26.5. The van der Waals surface area contributed by atoms with E-state index in [2.05, 4.69) is 25.8 Å². The summed E-state index contributed by atoms with van der Waals surface area (Å²) in [6.45, 7) is 4.60. The number of rotatable bonds is 6. The third-order valence-corrected chi connectivity index (χ3v) is 7.15. The number of hydrogen-bond donors (Lipinski definition) is 1. The lowest BCUT2D eigenvalue weighted by Gasteiger charge is -2.61. The number of likely N-dealkylation sites (tertiary alicyclic amines) is 1. The first-order chi connectivity index (χ1) is 18.4. The van der Waals surface area contributed by atoms with Crippen molar-refractivity contribution >= 4 is 11.6 Å². The molecule has 2 aromatic heterocycles. The number of aromatic nitrogens is 2. The Bertz CT molecular complexity index is 1440. The molecule has 39 heavy (non-hydrogen) atoms. The molecule has 1 N–H and O–H groups in total. The van der Waals surface area contributed by atoms with Crippen LogP contribution in [-0.4, -0.2) is 53.1 Å². The molecule has 0 radical (unpaired) electrons. The summed E-state index contributed by atoms with van der Waals surface area (Å²) in [6, 6.07) is 8.30. The van der Waals surface area contributed by atoms with E-state index in [1.807, 2.05) is 5.32 Å². The number of anilines is 1. The van der Waals surface area contributed by atoms with Gasteiger partial charge in [0.05, 0.1) is 23.1 Å². The van der Waals surface area contributed by atoms with Gasteiger partial charge in [-0.25, -0.2) is 8.78 Å². The Morgan fingerprint density at radius 3 is 2.38 bits per heavy atom. The molecule has 2 aliphatic heterocycles. The van der Waals surface area contributed by atoms with Crippen molar-refractivity contribution in [1.82, 2.24) is 20.2 Å². The molecule has 4 heterocycles. The summed E-state index contributed by atoms with van der Waals surface area (Å²) in [7, 11) is 0. The second-order valence-corrected chi connectivity index (χ2v) is 10.2. The highest BCUT2D eigenvalue weighted by Gasteiger charge is 2.59. The minimum absolute atomic E-state index is 0.111. The number of halogens is 5. The second kappa shape index (κ2) is 9.57. The molecule has 2 saturated heterocycles. The van der Waals surface area contributed by atoms with Crippen LogP contribution >= 0.6 is 0 Å². The number of hydrogen-bond acceptors (Lipinski definition) is 6. The number of alkyl halides is 3. The van der Waals surface area contributed by atoms with Gasteiger partial charge in [-0.1, -0.05) is 12.1 Å². The molecule has 0 bridgehead atoms. The van der Waals surface area contributed by atoms with Crippen molar-refractivity contribution in [3.8, 4) is 6.07 Å². The van der Waals surface area contributed by atoms with Gasteiger partial charge in [0.25, 0.3) is 0 Å². The third-order valence-electron chi connectivity index (χ3n) is 7.15. The van der Waals surface area contributed by atoms with Gasteiger partial charge in [0.15, 0.2) is 11.6 Å². The van der Waals surface area contributed by atoms with Crippen LogP contribution in [0.25, 0.3) is 0 Å². The molecule has 1 aromatic carbocycles. The van der Waals surface area contributed by atoms with Crippen LogP contribution < -0.4 is 10.2 Å². The molecule has 5 rings (SSSR count). The molecule has 2 fully saturated rings. The molecule has 7 nitrogen and oxygen atoms in total. The number of nitrogens with zero attached hydrogens (tertiary/aromatic N) is 5. The fraction of sp³-hybridized carbons (Fsp3) is 0.333. The van der Waals surface area contributed by atoms with Crippen LogP contribution in [0.2, 0.25) is 0 Å². The van der Waals surface area contributed by atoms with E-state index in [9.17, 15) is 26.7 Å². The maximum Gasteiger partial charge on any atom is 0.421 e. The fourth-order valence-electron chi connectivity index (χ4n) is 5.48. The molecule has 0 unspecified atom stereocenters. The molecule has 1 atom stereocenters. The van der Waals surface area contributed by atoms with Crippen LogP contribution in [0.3, 0.4) is 0 Å². The Morgan fingerprint density at radius 1 is 1.05 bits per heavy atom. The molecule has 1 spiro atoms. The molecule has 202 valence electrons. The third kappa shape index (κ3) is 4.78. The predicted molar refractivity (Wildman–Crippen MR) is 130 cm³/mol. The summed E-state index contributed by atoms with van der Waals surface area (Å²) in [5.74, 6) is -3.80. The normalized spacial score (nSPS) is 18.0. The zero-order chi connectivity index (χ0) is 28.0. The zero-order valence-electron chi connectivity index (χ0n) is 20.8. The van der Waals surface area contributed by atoms with Gasteiger partial charge in [0, 0.05) is 57.5 Å². The Morgan fingerprint density at radius 2 is 1.79 bits per heavy atom. The van der Waals surface area contributed by atoms with E-state index in [0.29, 0.717) is 29.8 Å². The zero-order valence-corrected chi connectivity index (χ0v) is 20.8. The molecule has 1 amide bonds. The Balaban J connectivity index is 1.30. The maximum atomic E-state index is 14.5. The van der Waals surface area contributed by atoms with Gasteiger partial charge in [0.1, 0.15) is 6.07 Å². The number of pyridine rings is 2. The highest BCUT2D eigenvalue weighted by Crippen LogP contribution is 2.45. The van der Waals surface area contributed by atoms with Crippen LogP contribution in [0.15, 0.2) is 55.0 Å². The standard InChI is InChI=1S/C27H23F5N6O/c1-17(39)36-26(27(30,31)32,20-3-4-22(28)23(29)7-20)24-5-2-18(10-35-24)12-37-13-25(14-37)15-38(16-25)21-6-19(8-33)9-34-11-21/h2-7,9-11H,12-16H2,1H3,(H,36,39)/t26-/m1/s1. The van der Waals surface area contributed by atoms with Crippen molar-refractivity contribution in [2.75, 3.05) is 31.1 Å². The monoisotopic (exact) mass is 542 g/mol. The minimum Gasteiger partial charge on any atom is -0.369 e. The molecule has 12 heteroatoms. The number of benzene rings is 1.